The van der Waals surface area contributed by atoms with E-state index >= 15 is 0 Å². The summed E-state index contributed by atoms with van der Waals surface area (Å²) in [7, 11) is 1.63. The maximum Gasteiger partial charge on any atom is 0.224 e. The second-order valence-corrected chi connectivity index (χ2v) is 6.70. The van der Waals surface area contributed by atoms with Gasteiger partial charge in [0.15, 0.2) is 0 Å². The molecule has 0 aliphatic carbocycles. The van der Waals surface area contributed by atoms with Gasteiger partial charge in [-0.3, -0.25) is 9.78 Å². The van der Waals surface area contributed by atoms with Gasteiger partial charge >= 0.3 is 0 Å². The van der Waals surface area contributed by atoms with Crippen LogP contribution in [0.3, 0.4) is 0 Å². The highest BCUT2D eigenvalue weighted by Gasteiger charge is 2.14. The fourth-order valence-electron chi connectivity index (χ4n) is 3.35. The van der Waals surface area contributed by atoms with Crippen LogP contribution in [0.1, 0.15) is 37.7 Å². The third-order valence-electron chi connectivity index (χ3n) is 4.77. The van der Waals surface area contributed by atoms with Crippen LogP contribution in [0, 0.1) is 0 Å². The number of pyridine rings is 1. The number of amides is 1. The first-order valence-electron chi connectivity index (χ1n) is 9.38. The van der Waals surface area contributed by atoms with Gasteiger partial charge in [-0.2, -0.15) is 0 Å². The first-order valence-corrected chi connectivity index (χ1v) is 9.38. The molecule has 0 atom stereocenters. The molecule has 1 aliphatic rings. The van der Waals surface area contributed by atoms with Crippen LogP contribution in [-0.4, -0.2) is 31.1 Å². The van der Waals surface area contributed by atoms with E-state index in [9.17, 15) is 4.79 Å². The van der Waals surface area contributed by atoms with Gasteiger partial charge in [-0.05, 0) is 61.9 Å². The Morgan fingerprint density at radius 2 is 2.08 bits per heavy atom. The second-order valence-electron chi connectivity index (χ2n) is 6.70. The fourth-order valence-corrected chi connectivity index (χ4v) is 3.35. The van der Waals surface area contributed by atoms with Crippen molar-refractivity contribution in [3.63, 3.8) is 0 Å². The molecule has 1 aromatic carbocycles. The van der Waals surface area contributed by atoms with E-state index in [-0.39, 0.29) is 5.91 Å². The summed E-state index contributed by atoms with van der Waals surface area (Å²) in [6.45, 7) is 2.15. The molecule has 26 heavy (non-hydrogen) atoms. The van der Waals surface area contributed by atoms with Crippen molar-refractivity contribution in [1.29, 1.82) is 0 Å². The molecule has 0 radical (unpaired) electrons. The summed E-state index contributed by atoms with van der Waals surface area (Å²) >= 11 is 0. The molecule has 2 heterocycles. The Morgan fingerprint density at radius 3 is 2.81 bits per heavy atom. The molecule has 2 aromatic rings. The zero-order chi connectivity index (χ0) is 18.2. The highest BCUT2D eigenvalue weighted by atomic mass is 16.5. The normalized spacial score (nSPS) is 14.1. The number of nitrogens with one attached hydrogen (secondary N) is 1. The number of aryl methyl sites for hydroxylation is 1. The van der Waals surface area contributed by atoms with Crippen LogP contribution in [0.15, 0.2) is 42.7 Å². The van der Waals surface area contributed by atoms with Crippen molar-refractivity contribution >= 4 is 17.3 Å². The molecule has 5 nitrogen and oxygen atoms in total. The molecule has 1 N–H and O–H groups in total. The number of anilines is 2. The number of benzene rings is 1. The van der Waals surface area contributed by atoms with Crippen LogP contribution < -0.4 is 15.0 Å². The smallest absolute Gasteiger partial charge is 0.224 e. The Bertz CT molecular complexity index is 712. The number of carbonyl (C=O) groups excluding carboxylic acids is 1. The maximum atomic E-state index is 12.4. The number of ether oxygens (including phenoxy) is 1. The molecular weight excluding hydrogens is 326 g/mol. The summed E-state index contributed by atoms with van der Waals surface area (Å²) in [4.78, 5) is 18.8. The lowest BCUT2D eigenvalue weighted by molar-refractivity contribution is -0.116. The molecule has 5 heteroatoms. The van der Waals surface area contributed by atoms with E-state index < -0.39 is 0 Å². The zero-order valence-electron chi connectivity index (χ0n) is 15.4. The predicted molar refractivity (Wildman–Crippen MR) is 105 cm³/mol. The van der Waals surface area contributed by atoms with Gasteiger partial charge in [-0.15, -0.1) is 0 Å². The number of hydrogen-bond donors (Lipinski definition) is 1. The van der Waals surface area contributed by atoms with Crippen LogP contribution in [0.4, 0.5) is 11.4 Å². The summed E-state index contributed by atoms with van der Waals surface area (Å²) in [6.07, 6.45) is 9.49. The van der Waals surface area contributed by atoms with Gasteiger partial charge < -0.3 is 15.0 Å². The van der Waals surface area contributed by atoms with Crippen LogP contribution in [0.5, 0.6) is 5.75 Å². The molecular formula is C21H27N3O2. The average molecular weight is 353 g/mol. The lowest BCUT2D eigenvalue weighted by Gasteiger charge is -2.29. The van der Waals surface area contributed by atoms with Gasteiger partial charge in [0.05, 0.1) is 12.8 Å². The quantitative estimate of drug-likeness (QED) is 0.816. The van der Waals surface area contributed by atoms with Crippen LogP contribution in [0.2, 0.25) is 0 Å². The summed E-state index contributed by atoms with van der Waals surface area (Å²) in [5, 5.41) is 3.02. The van der Waals surface area contributed by atoms with E-state index in [0.29, 0.717) is 12.2 Å². The molecule has 1 amide bonds. The van der Waals surface area contributed by atoms with Crippen molar-refractivity contribution in [2.45, 2.75) is 38.5 Å². The third-order valence-corrected chi connectivity index (χ3v) is 4.77. The first-order chi connectivity index (χ1) is 12.8. The van der Waals surface area contributed by atoms with E-state index in [0.717, 1.165) is 42.9 Å². The lowest BCUT2D eigenvalue weighted by Crippen LogP contribution is -2.29. The van der Waals surface area contributed by atoms with Gasteiger partial charge in [0.25, 0.3) is 0 Å². The first kappa shape index (κ1) is 18.2. The van der Waals surface area contributed by atoms with Gasteiger partial charge in [-0.25, -0.2) is 0 Å². The molecule has 138 valence electrons. The number of hydrogen-bond acceptors (Lipinski definition) is 4. The van der Waals surface area contributed by atoms with Gasteiger partial charge in [0.1, 0.15) is 5.75 Å². The van der Waals surface area contributed by atoms with Crippen LogP contribution >= 0.6 is 0 Å². The number of piperidine rings is 1. The molecule has 1 fully saturated rings. The standard InChI is InChI=1S/C21H27N3O2/c1-26-20-11-10-18(24-13-3-2-4-14-24)15-19(20)23-21(25)9-5-7-17-8-6-12-22-16-17/h6,8,10-12,15-16H,2-5,7,9,13-14H2,1H3,(H,23,25). The van der Waals surface area contributed by atoms with E-state index in [1.807, 2.05) is 30.5 Å². The molecule has 3 rings (SSSR count). The van der Waals surface area contributed by atoms with Crippen molar-refractivity contribution in [1.82, 2.24) is 4.98 Å². The van der Waals surface area contributed by atoms with Gasteiger partial charge in [0, 0.05) is 37.6 Å². The summed E-state index contributed by atoms with van der Waals surface area (Å²) in [6, 6.07) is 10.0. The predicted octanol–water partition coefficient (Wildman–Crippen LogP) is 4.04. The monoisotopic (exact) mass is 353 g/mol. The SMILES string of the molecule is COc1ccc(N2CCCCC2)cc1NC(=O)CCCc1cccnc1. The largest absolute Gasteiger partial charge is 0.495 e. The lowest BCUT2D eigenvalue weighted by atomic mass is 10.1. The van der Waals surface area contributed by atoms with Gasteiger partial charge in [-0.1, -0.05) is 6.07 Å². The Kier molecular flexibility index (Phi) is 6.47. The van der Waals surface area contributed by atoms with Gasteiger partial charge in [0.2, 0.25) is 5.91 Å². The van der Waals surface area contributed by atoms with Crippen LogP contribution in [0.25, 0.3) is 0 Å². The van der Waals surface area contributed by atoms with E-state index in [2.05, 4.69) is 21.3 Å². The number of methoxy groups -OCH3 is 1. The molecule has 1 aliphatic heterocycles. The minimum atomic E-state index is 0.0167. The third kappa shape index (κ3) is 4.97. The molecule has 0 spiro atoms. The molecule has 1 saturated heterocycles. The molecule has 1 aromatic heterocycles. The van der Waals surface area contributed by atoms with Crippen molar-refractivity contribution < 1.29 is 9.53 Å². The second kappa shape index (κ2) is 9.22. The maximum absolute atomic E-state index is 12.4. The Balaban J connectivity index is 1.58. The van der Waals surface area contributed by atoms with Crippen LogP contribution in [-0.2, 0) is 11.2 Å². The van der Waals surface area contributed by atoms with E-state index in [1.165, 1.54) is 19.3 Å². The Morgan fingerprint density at radius 1 is 1.23 bits per heavy atom. The van der Waals surface area contributed by atoms with Crippen molar-refractivity contribution in [2.24, 2.45) is 0 Å². The minimum Gasteiger partial charge on any atom is -0.495 e. The zero-order valence-corrected chi connectivity index (χ0v) is 15.4. The van der Waals surface area contributed by atoms with Crippen molar-refractivity contribution in [3.8, 4) is 5.75 Å². The fraction of sp³-hybridized carbons (Fsp3) is 0.429. The Labute approximate surface area is 155 Å². The average Bonchev–Trinajstić information content (AvgIpc) is 2.69. The summed E-state index contributed by atoms with van der Waals surface area (Å²) in [5.74, 6) is 0.717. The molecule has 0 bridgehead atoms. The number of aromatic nitrogens is 1. The highest BCUT2D eigenvalue weighted by Crippen LogP contribution is 2.31. The summed E-state index contributed by atoms with van der Waals surface area (Å²) < 4.78 is 5.42. The minimum absolute atomic E-state index is 0.0167. The van der Waals surface area contributed by atoms with E-state index in [1.54, 1.807) is 13.3 Å². The molecule has 0 unspecified atom stereocenters. The number of carbonyl (C=O) groups is 1. The highest BCUT2D eigenvalue weighted by molar-refractivity contribution is 5.93. The number of nitrogens with zero attached hydrogens (tertiary/aromatic N) is 2. The van der Waals surface area contributed by atoms with Crippen molar-refractivity contribution in [3.05, 3.63) is 48.3 Å². The van der Waals surface area contributed by atoms with Crippen molar-refractivity contribution in [2.75, 3.05) is 30.4 Å². The molecule has 0 saturated carbocycles. The van der Waals surface area contributed by atoms with E-state index in [4.69, 9.17) is 4.74 Å². The number of rotatable bonds is 7. The summed E-state index contributed by atoms with van der Waals surface area (Å²) in [5.41, 5.74) is 3.06. The Hall–Kier alpha value is -2.56. The topological polar surface area (TPSA) is 54.5 Å².